The Kier molecular flexibility index (Phi) is 5.83. The van der Waals surface area contributed by atoms with Gasteiger partial charge in [0.25, 0.3) is 0 Å². The van der Waals surface area contributed by atoms with Gasteiger partial charge in [0.05, 0.1) is 17.3 Å². The highest BCUT2D eigenvalue weighted by atomic mass is 32.1. The molecule has 1 unspecified atom stereocenters. The highest BCUT2D eigenvalue weighted by Gasteiger charge is 2.10. The monoisotopic (exact) mass is 228 g/mol. The van der Waals surface area contributed by atoms with Crippen LogP contribution in [0.3, 0.4) is 0 Å². The molecule has 0 saturated carbocycles. The van der Waals surface area contributed by atoms with Crippen LogP contribution in [0.25, 0.3) is 0 Å². The molecule has 0 aliphatic rings. The second kappa shape index (κ2) is 6.93. The van der Waals surface area contributed by atoms with E-state index >= 15 is 0 Å². The first kappa shape index (κ1) is 12.6. The minimum atomic E-state index is 0.391. The van der Waals surface area contributed by atoms with E-state index in [4.69, 9.17) is 4.74 Å². The van der Waals surface area contributed by atoms with Crippen LogP contribution in [0, 0.1) is 0 Å². The molecule has 1 aromatic heterocycles. The largest absolute Gasteiger partial charge is 0.381 e. The molecule has 1 rings (SSSR count). The third-order valence-electron chi connectivity index (χ3n) is 2.35. The van der Waals surface area contributed by atoms with E-state index in [0.29, 0.717) is 6.04 Å². The lowest BCUT2D eigenvalue weighted by molar-refractivity contribution is 0.151. The molecular weight excluding hydrogens is 208 g/mol. The van der Waals surface area contributed by atoms with Crippen LogP contribution in [-0.4, -0.2) is 25.2 Å². The van der Waals surface area contributed by atoms with Crippen LogP contribution in [0.4, 0.5) is 0 Å². The molecule has 0 bridgehead atoms. The van der Waals surface area contributed by atoms with Gasteiger partial charge in [-0.2, -0.15) is 0 Å². The van der Waals surface area contributed by atoms with Gasteiger partial charge < -0.3 is 10.1 Å². The summed E-state index contributed by atoms with van der Waals surface area (Å²) in [6.07, 6.45) is 2.00. The number of hydrogen-bond acceptors (Lipinski definition) is 4. The highest BCUT2D eigenvalue weighted by Crippen LogP contribution is 2.19. The summed E-state index contributed by atoms with van der Waals surface area (Å²) in [7, 11) is 1.98. The molecule has 1 aromatic rings. The second-order valence-corrected chi connectivity index (χ2v) is 4.31. The van der Waals surface area contributed by atoms with Crippen molar-refractivity contribution in [3.63, 3.8) is 0 Å². The molecule has 0 saturated heterocycles. The lowest BCUT2D eigenvalue weighted by Crippen LogP contribution is -2.15. The summed E-state index contributed by atoms with van der Waals surface area (Å²) in [6, 6.07) is 0.391. The number of rotatable bonds is 7. The summed E-state index contributed by atoms with van der Waals surface area (Å²) in [5, 5.41) is 6.58. The van der Waals surface area contributed by atoms with E-state index in [1.165, 1.54) is 5.01 Å². The van der Waals surface area contributed by atoms with Crippen LogP contribution in [0.2, 0.25) is 0 Å². The Hall–Kier alpha value is -0.450. The quantitative estimate of drug-likeness (QED) is 0.728. The number of nitrogens with zero attached hydrogens (tertiary/aromatic N) is 1. The first-order valence-electron chi connectivity index (χ1n) is 5.51. The van der Waals surface area contributed by atoms with Gasteiger partial charge in [-0.3, -0.25) is 0 Å². The van der Waals surface area contributed by atoms with Crippen molar-refractivity contribution in [2.75, 3.05) is 20.3 Å². The lowest BCUT2D eigenvalue weighted by atomic mass is 10.2. The first-order chi connectivity index (χ1) is 7.31. The fourth-order valence-corrected chi connectivity index (χ4v) is 2.30. The normalized spacial score (nSPS) is 13.0. The molecule has 0 aromatic carbocycles. The van der Waals surface area contributed by atoms with Gasteiger partial charge in [0.2, 0.25) is 0 Å². The van der Waals surface area contributed by atoms with Gasteiger partial charge in [0, 0.05) is 24.4 Å². The van der Waals surface area contributed by atoms with Gasteiger partial charge in [0.1, 0.15) is 0 Å². The van der Waals surface area contributed by atoms with Crippen LogP contribution in [0.15, 0.2) is 5.38 Å². The van der Waals surface area contributed by atoms with Crippen molar-refractivity contribution in [3.05, 3.63) is 16.1 Å². The van der Waals surface area contributed by atoms with Gasteiger partial charge in [-0.15, -0.1) is 11.3 Å². The number of hydrogen-bond donors (Lipinski definition) is 1. The van der Waals surface area contributed by atoms with Crippen molar-refractivity contribution in [2.24, 2.45) is 0 Å². The second-order valence-electron chi connectivity index (χ2n) is 3.36. The predicted octanol–water partition coefficient (Wildman–Crippen LogP) is 2.39. The maximum Gasteiger partial charge on any atom is 0.0951 e. The SMILES string of the molecule is CCOCCc1nc(C(CC)NC)cs1. The molecule has 1 N–H and O–H groups in total. The van der Waals surface area contributed by atoms with Crippen LogP contribution in [0.5, 0.6) is 0 Å². The molecule has 1 heterocycles. The van der Waals surface area contributed by atoms with E-state index in [9.17, 15) is 0 Å². The zero-order valence-corrected chi connectivity index (χ0v) is 10.6. The minimum Gasteiger partial charge on any atom is -0.381 e. The van der Waals surface area contributed by atoms with Crippen LogP contribution < -0.4 is 5.32 Å². The topological polar surface area (TPSA) is 34.1 Å². The molecule has 15 heavy (non-hydrogen) atoms. The van der Waals surface area contributed by atoms with Crippen molar-refractivity contribution >= 4 is 11.3 Å². The molecule has 0 amide bonds. The van der Waals surface area contributed by atoms with Gasteiger partial charge in [-0.25, -0.2) is 4.98 Å². The molecule has 0 aliphatic carbocycles. The molecule has 0 aliphatic heterocycles. The summed E-state index contributed by atoms with van der Waals surface area (Å²) >= 11 is 1.73. The van der Waals surface area contributed by atoms with Crippen molar-refractivity contribution in [3.8, 4) is 0 Å². The van der Waals surface area contributed by atoms with Crippen molar-refractivity contribution in [2.45, 2.75) is 32.7 Å². The van der Waals surface area contributed by atoms with Crippen molar-refractivity contribution in [1.29, 1.82) is 0 Å². The Morgan fingerprint density at radius 2 is 2.33 bits per heavy atom. The molecule has 0 fully saturated rings. The Bertz CT molecular complexity index is 271. The summed E-state index contributed by atoms with van der Waals surface area (Å²) in [5.74, 6) is 0. The zero-order chi connectivity index (χ0) is 11.1. The lowest BCUT2D eigenvalue weighted by Gasteiger charge is -2.09. The number of nitrogens with one attached hydrogen (secondary N) is 1. The van der Waals surface area contributed by atoms with Crippen LogP contribution in [-0.2, 0) is 11.2 Å². The third-order valence-corrected chi connectivity index (χ3v) is 3.27. The molecule has 3 nitrogen and oxygen atoms in total. The summed E-state index contributed by atoms with van der Waals surface area (Å²) < 4.78 is 5.31. The molecule has 0 radical (unpaired) electrons. The van der Waals surface area contributed by atoms with Gasteiger partial charge in [-0.1, -0.05) is 6.92 Å². The van der Waals surface area contributed by atoms with Crippen molar-refractivity contribution in [1.82, 2.24) is 10.3 Å². The van der Waals surface area contributed by atoms with E-state index in [1.54, 1.807) is 11.3 Å². The van der Waals surface area contributed by atoms with E-state index in [0.717, 1.165) is 31.7 Å². The van der Waals surface area contributed by atoms with Gasteiger partial charge in [-0.05, 0) is 20.4 Å². The summed E-state index contributed by atoms with van der Waals surface area (Å²) in [6.45, 7) is 5.74. The fourth-order valence-electron chi connectivity index (χ4n) is 1.46. The third kappa shape index (κ3) is 3.89. The maximum absolute atomic E-state index is 5.31. The Balaban J connectivity index is 2.47. The molecule has 4 heteroatoms. The zero-order valence-electron chi connectivity index (χ0n) is 9.75. The minimum absolute atomic E-state index is 0.391. The van der Waals surface area contributed by atoms with Gasteiger partial charge in [0.15, 0.2) is 0 Å². The smallest absolute Gasteiger partial charge is 0.0951 e. The molecular formula is C11H20N2OS. The van der Waals surface area contributed by atoms with E-state index in [2.05, 4.69) is 22.6 Å². The van der Waals surface area contributed by atoms with E-state index in [1.807, 2.05) is 14.0 Å². The molecule has 0 spiro atoms. The Morgan fingerprint density at radius 3 is 2.93 bits per heavy atom. The Labute approximate surface area is 95.9 Å². The molecule has 1 atom stereocenters. The van der Waals surface area contributed by atoms with Crippen LogP contribution in [0.1, 0.15) is 37.0 Å². The van der Waals surface area contributed by atoms with Crippen LogP contribution >= 0.6 is 11.3 Å². The number of ether oxygens (including phenoxy) is 1. The van der Waals surface area contributed by atoms with E-state index < -0.39 is 0 Å². The first-order valence-corrected chi connectivity index (χ1v) is 6.39. The average molecular weight is 228 g/mol. The van der Waals surface area contributed by atoms with Crippen molar-refractivity contribution < 1.29 is 4.74 Å². The summed E-state index contributed by atoms with van der Waals surface area (Å²) in [4.78, 5) is 4.60. The standard InChI is InChI=1S/C11H20N2OS/c1-4-9(12-3)10-8-15-11(13-10)6-7-14-5-2/h8-9,12H,4-7H2,1-3H3. The maximum atomic E-state index is 5.31. The predicted molar refractivity (Wildman–Crippen MR) is 64.4 cm³/mol. The molecule has 86 valence electrons. The van der Waals surface area contributed by atoms with E-state index in [-0.39, 0.29) is 0 Å². The fraction of sp³-hybridized carbons (Fsp3) is 0.727. The summed E-state index contributed by atoms with van der Waals surface area (Å²) in [5.41, 5.74) is 1.16. The Morgan fingerprint density at radius 1 is 1.53 bits per heavy atom. The van der Waals surface area contributed by atoms with Gasteiger partial charge >= 0.3 is 0 Å². The highest BCUT2D eigenvalue weighted by molar-refractivity contribution is 7.09. The average Bonchev–Trinajstić information content (AvgIpc) is 2.69. The number of thiazole rings is 1. The number of aromatic nitrogens is 1.